The Hall–Kier alpha value is -2.29. The zero-order valence-corrected chi connectivity index (χ0v) is 15.7. The number of hydrogen-bond donors (Lipinski definition) is 2. The van der Waals surface area contributed by atoms with Crippen molar-refractivity contribution in [2.24, 2.45) is 17.3 Å². The van der Waals surface area contributed by atoms with E-state index in [2.05, 4.69) is 5.32 Å². The van der Waals surface area contributed by atoms with E-state index in [-0.39, 0.29) is 11.7 Å². The van der Waals surface area contributed by atoms with Gasteiger partial charge in [0.15, 0.2) is 0 Å². The number of anilines is 2. The lowest BCUT2D eigenvalue weighted by Gasteiger charge is -2.20. The van der Waals surface area contributed by atoms with Crippen LogP contribution in [-0.4, -0.2) is 44.8 Å². The van der Waals surface area contributed by atoms with E-state index in [4.69, 9.17) is 4.74 Å². The molecule has 142 valence electrons. The van der Waals surface area contributed by atoms with Gasteiger partial charge < -0.3 is 15.2 Å². The topological polar surface area (TPSA) is 113 Å². The van der Waals surface area contributed by atoms with Crippen LogP contribution in [-0.2, 0) is 19.6 Å². The number of carboxylic acid groups (broad SMARTS) is 1. The van der Waals surface area contributed by atoms with Crippen LogP contribution in [0.1, 0.15) is 20.3 Å². The Labute approximate surface area is 152 Å². The minimum absolute atomic E-state index is 0.0727. The summed E-state index contributed by atoms with van der Waals surface area (Å²) >= 11 is 0. The molecule has 0 unspecified atom stereocenters. The maximum absolute atomic E-state index is 12.5. The number of carboxylic acids is 1. The fourth-order valence-electron chi connectivity index (χ4n) is 3.68. The molecule has 0 aromatic heterocycles. The summed E-state index contributed by atoms with van der Waals surface area (Å²) in [5, 5.41) is 11.9. The van der Waals surface area contributed by atoms with E-state index >= 15 is 0 Å². The Morgan fingerprint density at radius 3 is 2.50 bits per heavy atom. The summed E-state index contributed by atoms with van der Waals surface area (Å²) in [5.41, 5.74) is 0.163. The quantitative estimate of drug-likeness (QED) is 0.798. The molecule has 1 aliphatic heterocycles. The maximum Gasteiger partial charge on any atom is 0.307 e. The van der Waals surface area contributed by atoms with Crippen molar-refractivity contribution < 1.29 is 27.9 Å². The van der Waals surface area contributed by atoms with E-state index in [1.54, 1.807) is 32.0 Å². The van der Waals surface area contributed by atoms with Crippen LogP contribution >= 0.6 is 0 Å². The third-order valence-electron chi connectivity index (χ3n) is 5.19. The van der Waals surface area contributed by atoms with Gasteiger partial charge >= 0.3 is 5.97 Å². The Morgan fingerprint density at radius 1 is 1.31 bits per heavy atom. The fraction of sp³-hybridized carbons (Fsp3) is 0.529. The molecular weight excluding hydrogens is 360 g/mol. The van der Waals surface area contributed by atoms with Crippen LogP contribution in [0.25, 0.3) is 0 Å². The van der Waals surface area contributed by atoms with Crippen LogP contribution in [0.5, 0.6) is 5.75 Å². The largest absolute Gasteiger partial charge is 0.495 e. The number of carbonyl (C=O) groups is 2. The average Bonchev–Trinajstić information content (AvgIpc) is 2.96. The zero-order chi connectivity index (χ0) is 19.3. The van der Waals surface area contributed by atoms with Crippen molar-refractivity contribution in [1.29, 1.82) is 0 Å². The van der Waals surface area contributed by atoms with Crippen LogP contribution < -0.4 is 14.4 Å². The molecule has 2 atom stereocenters. The molecule has 2 N–H and O–H groups in total. The Bertz CT molecular complexity index is 864. The van der Waals surface area contributed by atoms with Gasteiger partial charge in [0.25, 0.3) is 0 Å². The normalized spacial score (nSPS) is 25.6. The summed E-state index contributed by atoms with van der Waals surface area (Å²) in [6.07, 6.45) is 0.526. The van der Waals surface area contributed by atoms with E-state index in [9.17, 15) is 23.1 Å². The van der Waals surface area contributed by atoms with E-state index in [0.29, 0.717) is 30.1 Å². The third-order valence-corrected chi connectivity index (χ3v) is 7.05. The van der Waals surface area contributed by atoms with Crippen LogP contribution in [0, 0.1) is 17.3 Å². The molecular formula is C17H22N2O6S. The molecule has 1 amide bonds. The number of carbonyl (C=O) groups excluding carboxylic acids is 1. The number of hydrogen-bond acceptors (Lipinski definition) is 5. The second kappa shape index (κ2) is 6.15. The SMILES string of the molecule is COc1ccc(NC(=O)[C@@H]2[C@@H](C(=O)O)C2(C)C)cc1N1CCCS1(=O)=O. The van der Waals surface area contributed by atoms with Gasteiger partial charge in [0.1, 0.15) is 5.75 Å². The Balaban J connectivity index is 1.85. The van der Waals surface area contributed by atoms with Gasteiger partial charge in [-0.15, -0.1) is 0 Å². The number of sulfonamides is 1. The molecule has 9 heteroatoms. The van der Waals surface area contributed by atoms with Gasteiger partial charge in [0.2, 0.25) is 15.9 Å². The van der Waals surface area contributed by atoms with Crippen molar-refractivity contribution in [1.82, 2.24) is 0 Å². The predicted octanol–water partition coefficient (Wildman–Crippen LogP) is 1.53. The van der Waals surface area contributed by atoms with Crippen molar-refractivity contribution in [2.45, 2.75) is 20.3 Å². The van der Waals surface area contributed by atoms with E-state index in [1.165, 1.54) is 11.4 Å². The second-order valence-corrected chi connectivity index (χ2v) is 9.25. The van der Waals surface area contributed by atoms with Crippen LogP contribution in [0.2, 0.25) is 0 Å². The Kier molecular flexibility index (Phi) is 4.38. The molecule has 2 fully saturated rings. The van der Waals surface area contributed by atoms with Crippen molar-refractivity contribution in [3.63, 3.8) is 0 Å². The highest BCUT2D eigenvalue weighted by atomic mass is 32.2. The van der Waals surface area contributed by atoms with Gasteiger partial charge in [-0.25, -0.2) is 8.42 Å². The number of methoxy groups -OCH3 is 1. The molecule has 1 aliphatic carbocycles. The minimum Gasteiger partial charge on any atom is -0.495 e. The first-order valence-corrected chi connectivity index (χ1v) is 9.92. The molecule has 26 heavy (non-hydrogen) atoms. The molecule has 1 aromatic rings. The lowest BCUT2D eigenvalue weighted by atomic mass is 10.1. The standard InChI is InChI=1S/C17H22N2O6S/c1-17(2)13(14(17)16(21)22)15(20)18-10-5-6-12(25-3)11(9-10)19-7-4-8-26(19,23)24/h5-6,9,13-14H,4,7-8H2,1-3H3,(H,18,20)(H,21,22)/t13-,14-/m0/s1. The predicted molar refractivity (Wildman–Crippen MR) is 95.8 cm³/mol. The lowest BCUT2D eigenvalue weighted by molar-refractivity contribution is -0.140. The minimum atomic E-state index is -3.40. The average molecular weight is 382 g/mol. The number of ether oxygens (including phenoxy) is 1. The van der Waals surface area contributed by atoms with Crippen molar-refractivity contribution >= 4 is 33.3 Å². The molecule has 0 radical (unpaired) electrons. The molecule has 2 aliphatic rings. The highest BCUT2D eigenvalue weighted by molar-refractivity contribution is 7.93. The van der Waals surface area contributed by atoms with Crippen molar-refractivity contribution in [2.75, 3.05) is 29.0 Å². The summed E-state index contributed by atoms with van der Waals surface area (Å²) in [4.78, 5) is 23.7. The van der Waals surface area contributed by atoms with Crippen LogP contribution in [0.3, 0.4) is 0 Å². The summed E-state index contributed by atoms with van der Waals surface area (Å²) in [7, 11) is -1.95. The van der Waals surface area contributed by atoms with Crippen LogP contribution in [0.15, 0.2) is 18.2 Å². The zero-order valence-electron chi connectivity index (χ0n) is 14.9. The summed E-state index contributed by atoms with van der Waals surface area (Å²) in [6.45, 7) is 3.84. The van der Waals surface area contributed by atoms with Crippen molar-refractivity contribution in [3.8, 4) is 5.75 Å². The number of nitrogens with zero attached hydrogens (tertiary/aromatic N) is 1. The van der Waals surface area contributed by atoms with Gasteiger partial charge in [0, 0.05) is 12.2 Å². The van der Waals surface area contributed by atoms with E-state index in [0.717, 1.165) is 0 Å². The molecule has 0 bridgehead atoms. The first-order chi connectivity index (χ1) is 12.1. The van der Waals surface area contributed by atoms with Crippen molar-refractivity contribution in [3.05, 3.63) is 18.2 Å². The Morgan fingerprint density at radius 2 is 2.00 bits per heavy atom. The molecule has 1 saturated heterocycles. The molecule has 0 spiro atoms. The molecule has 1 aromatic carbocycles. The molecule has 3 rings (SSSR count). The number of amides is 1. The number of benzene rings is 1. The van der Waals surface area contributed by atoms with Gasteiger partial charge in [0.05, 0.1) is 30.4 Å². The van der Waals surface area contributed by atoms with Gasteiger partial charge in [-0.2, -0.15) is 0 Å². The first kappa shape index (κ1) is 18.5. The smallest absolute Gasteiger partial charge is 0.307 e. The summed E-state index contributed by atoms with van der Waals surface area (Å²) in [5.74, 6) is -2.26. The monoisotopic (exact) mass is 382 g/mol. The van der Waals surface area contributed by atoms with Gasteiger partial charge in [-0.3, -0.25) is 13.9 Å². The third kappa shape index (κ3) is 3.00. The number of rotatable bonds is 5. The fourth-order valence-corrected chi connectivity index (χ4v) is 5.24. The van der Waals surface area contributed by atoms with Gasteiger partial charge in [-0.1, -0.05) is 13.8 Å². The summed E-state index contributed by atoms with van der Waals surface area (Å²) in [6, 6.07) is 4.74. The molecule has 1 heterocycles. The number of aliphatic carboxylic acids is 1. The molecule has 8 nitrogen and oxygen atoms in total. The van der Waals surface area contributed by atoms with E-state index in [1.807, 2.05) is 0 Å². The first-order valence-electron chi connectivity index (χ1n) is 8.31. The van der Waals surface area contributed by atoms with Gasteiger partial charge in [-0.05, 0) is 30.0 Å². The lowest BCUT2D eigenvalue weighted by Crippen LogP contribution is -2.26. The van der Waals surface area contributed by atoms with Crippen LogP contribution in [0.4, 0.5) is 11.4 Å². The molecule has 1 saturated carbocycles. The maximum atomic E-state index is 12.5. The van der Waals surface area contributed by atoms with E-state index < -0.39 is 33.2 Å². The second-order valence-electron chi connectivity index (χ2n) is 7.23. The highest BCUT2D eigenvalue weighted by Crippen LogP contribution is 2.58. The highest BCUT2D eigenvalue weighted by Gasteiger charge is 2.65. The summed E-state index contributed by atoms with van der Waals surface area (Å²) < 4.78 is 30.9. The number of nitrogens with one attached hydrogen (secondary N) is 1.